The molecule has 0 fully saturated rings. The summed E-state index contributed by atoms with van der Waals surface area (Å²) in [4.78, 5) is 0.123. The zero-order chi connectivity index (χ0) is 15.6. The van der Waals surface area contributed by atoms with Gasteiger partial charge in [-0.1, -0.05) is 35.9 Å². The average Bonchev–Trinajstić information content (AvgIpc) is 2.41. The minimum Gasteiger partial charge on any atom is -0.387 e. The van der Waals surface area contributed by atoms with E-state index in [0.29, 0.717) is 10.6 Å². The number of benzene rings is 2. The van der Waals surface area contributed by atoms with Crippen LogP contribution in [0.25, 0.3) is 0 Å². The molecular weight excluding hydrogens is 308 g/mol. The Hall–Kier alpha value is -1.36. The fourth-order valence-corrected chi connectivity index (χ4v) is 3.68. The molecule has 0 heterocycles. The highest BCUT2D eigenvalue weighted by atomic mass is 35.5. The molecule has 2 aromatic rings. The molecule has 0 bridgehead atoms. The van der Waals surface area contributed by atoms with Gasteiger partial charge in [0.25, 0.3) is 0 Å². The lowest BCUT2D eigenvalue weighted by atomic mass is 10.0. The molecule has 1 unspecified atom stereocenters. The Bertz CT molecular complexity index is 754. The molecule has 1 N–H and O–H groups in total. The second kappa shape index (κ2) is 6.18. The van der Waals surface area contributed by atoms with Crippen LogP contribution >= 0.6 is 11.6 Å². The lowest BCUT2D eigenvalue weighted by molar-refractivity contribution is 0.201. The minimum absolute atomic E-state index is 0.123. The Kier molecular flexibility index (Phi) is 4.71. The van der Waals surface area contributed by atoms with Crippen LogP contribution in [0.1, 0.15) is 22.8 Å². The van der Waals surface area contributed by atoms with Crippen molar-refractivity contribution in [2.24, 2.45) is 0 Å². The van der Waals surface area contributed by atoms with E-state index in [0.717, 1.165) is 11.1 Å². The monoisotopic (exact) mass is 324 g/mol. The number of hydrogen-bond donors (Lipinski definition) is 1. The summed E-state index contributed by atoms with van der Waals surface area (Å²) in [5.74, 6) is -0.365. The molecule has 112 valence electrons. The highest BCUT2D eigenvalue weighted by Gasteiger charge is 2.21. The van der Waals surface area contributed by atoms with Crippen molar-refractivity contribution in [2.45, 2.75) is 24.8 Å². The van der Waals surface area contributed by atoms with Gasteiger partial charge in [-0.05, 0) is 48.7 Å². The SMILES string of the molecule is Cc1ccc(C(O)CS(=O)(=O)c2cccc(Cl)c2)cc1C. The standard InChI is InChI=1S/C16H17ClO3S/c1-11-6-7-13(8-12(11)2)16(18)10-21(19,20)15-5-3-4-14(17)9-15/h3-9,16,18H,10H2,1-2H3. The first-order chi connectivity index (χ1) is 9.79. The molecule has 2 aromatic carbocycles. The van der Waals surface area contributed by atoms with Crippen LogP contribution in [0, 0.1) is 13.8 Å². The van der Waals surface area contributed by atoms with E-state index in [9.17, 15) is 13.5 Å². The van der Waals surface area contributed by atoms with Crippen molar-refractivity contribution in [3.8, 4) is 0 Å². The fraction of sp³-hybridized carbons (Fsp3) is 0.250. The number of aliphatic hydroxyl groups is 1. The number of halogens is 1. The van der Waals surface area contributed by atoms with Crippen molar-refractivity contribution in [3.63, 3.8) is 0 Å². The molecule has 0 amide bonds. The van der Waals surface area contributed by atoms with E-state index in [-0.39, 0.29) is 10.6 Å². The van der Waals surface area contributed by atoms with Gasteiger partial charge in [0.05, 0.1) is 16.8 Å². The third-order valence-electron chi connectivity index (χ3n) is 3.45. The topological polar surface area (TPSA) is 54.4 Å². The van der Waals surface area contributed by atoms with E-state index in [4.69, 9.17) is 11.6 Å². The summed E-state index contributed by atoms with van der Waals surface area (Å²) in [5, 5.41) is 10.5. The van der Waals surface area contributed by atoms with Crippen LogP contribution in [-0.2, 0) is 9.84 Å². The van der Waals surface area contributed by atoms with Crippen molar-refractivity contribution >= 4 is 21.4 Å². The second-order valence-electron chi connectivity index (χ2n) is 5.10. The summed E-state index contributed by atoms with van der Waals surface area (Å²) in [6.45, 7) is 3.89. The highest BCUT2D eigenvalue weighted by molar-refractivity contribution is 7.91. The third kappa shape index (κ3) is 3.84. The first kappa shape index (κ1) is 16.0. The third-order valence-corrected chi connectivity index (χ3v) is 5.41. The number of rotatable bonds is 4. The molecule has 0 aliphatic heterocycles. The molecular formula is C16H17ClO3S. The van der Waals surface area contributed by atoms with Crippen LogP contribution in [-0.4, -0.2) is 19.3 Å². The molecule has 0 radical (unpaired) electrons. The predicted octanol–water partition coefficient (Wildman–Crippen LogP) is 3.46. The van der Waals surface area contributed by atoms with Crippen molar-refractivity contribution in [3.05, 3.63) is 64.2 Å². The van der Waals surface area contributed by atoms with Gasteiger partial charge in [-0.15, -0.1) is 0 Å². The molecule has 1 atom stereocenters. The summed E-state index contributed by atoms with van der Waals surface area (Å²) < 4.78 is 24.6. The van der Waals surface area contributed by atoms with Crippen molar-refractivity contribution in [1.29, 1.82) is 0 Å². The molecule has 0 saturated heterocycles. The average molecular weight is 325 g/mol. The summed E-state index contributed by atoms with van der Waals surface area (Å²) in [6.07, 6.45) is -1.06. The summed E-state index contributed by atoms with van der Waals surface area (Å²) >= 11 is 5.82. The van der Waals surface area contributed by atoms with Gasteiger partial charge >= 0.3 is 0 Å². The van der Waals surface area contributed by atoms with E-state index < -0.39 is 15.9 Å². The quantitative estimate of drug-likeness (QED) is 0.937. The Labute approximate surface area is 130 Å². The first-order valence-corrected chi connectivity index (χ1v) is 8.56. The Morgan fingerprint density at radius 2 is 1.81 bits per heavy atom. The van der Waals surface area contributed by atoms with Gasteiger partial charge in [0, 0.05) is 5.02 Å². The van der Waals surface area contributed by atoms with Crippen LogP contribution in [0.2, 0.25) is 5.02 Å². The van der Waals surface area contributed by atoms with Gasteiger partial charge in [0.15, 0.2) is 9.84 Å². The van der Waals surface area contributed by atoms with Crippen molar-refractivity contribution < 1.29 is 13.5 Å². The molecule has 2 rings (SSSR count). The lowest BCUT2D eigenvalue weighted by Crippen LogP contribution is -2.15. The van der Waals surface area contributed by atoms with Gasteiger partial charge in [0.2, 0.25) is 0 Å². The van der Waals surface area contributed by atoms with Crippen molar-refractivity contribution in [1.82, 2.24) is 0 Å². The Balaban J connectivity index is 2.25. The molecule has 0 aromatic heterocycles. The van der Waals surface area contributed by atoms with Crippen molar-refractivity contribution in [2.75, 3.05) is 5.75 Å². The number of aliphatic hydroxyl groups excluding tert-OH is 1. The Morgan fingerprint density at radius 1 is 1.10 bits per heavy atom. The van der Waals surface area contributed by atoms with Crippen LogP contribution in [0.4, 0.5) is 0 Å². The number of hydrogen-bond acceptors (Lipinski definition) is 3. The maximum absolute atomic E-state index is 12.3. The largest absolute Gasteiger partial charge is 0.387 e. The maximum Gasteiger partial charge on any atom is 0.181 e. The predicted molar refractivity (Wildman–Crippen MR) is 84.4 cm³/mol. The second-order valence-corrected chi connectivity index (χ2v) is 7.57. The van der Waals surface area contributed by atoms with Crippen LogP contribution < -0.4 is 0 Å². The normalized spacial score (nSPS) is 13.1. The first-order valence-electron chi connectivity index (χ1n) is 6.53. The van der Waals surface area contributed by atoms with E-state index in [2.05, 4.69) is 0 Å². The van der Waals surface area contributed by atoms with Gasteiger partial charge in [-0.25, -0.2) is 8.42 Å². The number of sulfone groups is 1. The number of aryl methyl sites for hydroxylation is 2. The molecule has 21 heavy (non-hydrogen) atoms. The molecule has 0 spiro atoms. The summed E-state index contributed by atoms with van der Waals surface area (Å²) in [7, 11) is -3.59. The van der Waals surface area contributed by atoms with Gasteiger partial charge in [-0.2, -0.15) is 0 Å². The summed E-state index contributed by atoms with van der Waals surface area (Å²) in [5.41, 5.74) is 2.72. The summed E-state index contributed by atoms with van der Waals surface area (Å²) in [6, 6.07) is 11.5. The van der Waals surface area contributed by atoms with E-state index in [1.54, 1.807) is 18.2 Å². The molecule has 0 aliphatic carbocycles. The van der Waals surface area contributed by atoms with E-state index in [1.165, 1.54) is 12.1 Å². The van der Waals surface area contributed by atoms with Crippen LogP contribution in [0.5, 0.6) is 0 Å². The maximum atomic E-state index is 12.3. The van der Waals surface area contributed by atoms with E-state index in [1.807, 2.05) is 26.0 Å². The molecule has 0 aliphatic rings. The lowest BCUT2D eigenvalue weighted by Gasteiger charge is -2.13. The zero-order valence-corrected chi connectivity index (χ0v) is 13.4. The smallest absolute Gasteiger partial charge is 0.181 e. The molecule has 3 nitrogen and oxygen atoms in total. The Morgan fingerprint density at radius 3 is 2.43 bits per heavy atom. The van der Waals surface area contributed by atoms with Gasteiger partial charge in [0.1, 0.15) is 0 Å². The molecule has 0 saturated carbocycles. The fourth-order valence-electron chi connectivity index (χ4n) is 2.03. The highest BCUT2D eigenvalue weighted by Crippen LogP contribution is 2.23. The van der Waals surface area contributed by atoms with Crippen LogP contribution in [0.15, 0.2) is 47.4 Å². The van der Waals surface area contributed by atoms with Gasteiger partial charge < -0.3 is 5.11 Å². The zero-order valence-electron chi connectivity index (χ0n) is 11.9. The van der Waals surface area contributed by atoms with Crippen LogP contribution in [0.3, 0.4) is 0 Å². The molecule has 5 heteroatoms. The minimum atomic E-state index is -3.59. The van der Waals surface area contributed by atoms with Gasteiger partial charge in [-0.3, -0.25) is 0 Å². The van der Waals surface area contributed by atoms with E-state index >= 15 is 0 Å².